The largest absolute Gasteiger partial charge is 0.308 e. The quantitative estimate of drug-likeness (QED) is 0.764. The van der Waals surface area contributed by atoms with Crippen LogP contribution in [0.1, 0.15) is 32.6 Å². The SMILES string of the molecule is CC1CCCCC1(C#N)NCCN(C)C. The van der Waals surface area contributed by atoms with Gasteiger partial charge in [-0.15, -0.1) is 0 Å². The minimum Gasteiger partial charge on any atom is -0.308 e. The molecule has 0 bridgehead atoms. The fourth-order valence-corrected chi connectivity index (χ4v) is 2.32. The molecule has 2 atom stereocenters. The summed E-state index contributed by atoms with van der Waals surface area (Å²) in [6.07, 6.45) is 4.66. The number of nitrogens with one attached hydrogen (secondary N) is 1. The Hall–Kier alpha value is -0.590. The third-order valence-corrected chi connectivity index (χ3v) is 3.50. The minimum absolute atomic E-state index is 0.256. The molecule has 0 aliphatic heterocycles. The maximum atomic E-state index is 9.35. The summed E-state index contributed by atoms with van der Waals surface area (Å²) in [6, 6.07) is 2.51. The van der Waals surface area contributed by atoms with Crippen molar-refractivity contribution in [2.45, 2.75) is 38.1 Å². The summed E-state index contributed by atoms with van der Waals surface area (Å²) < 4.78 is 0. The van der Waals surface area contributed by atoms with Gasteiger partial charge in [0.25, 0.3) is 0 Å². The van der Waals surface area contributed by atoms with Crippen LogP contribution in [0.25, 0.3) is 0 Å². The van der Waals surface area contributed by atoms with E-state index in [9.17, 15) is 5.26 Å². The van der Waals surface area contributed by atoms with Gasteiger partial charge >= 0.3 is 0 Å². The number of nitriles is 1. The lowest BCUT2D eigenvalue weighted by Gasteiger charge is -2.38. The van der Waals surface area contributed by atoms with Crippen LogP contribution in [0.4, 0.5) is 0 Å². The summed E-state index contributed by atoms with van der Waals surface area (Å²) in [5, 5.41) is 12.8. The number of nitrogens with zero attached hydrogens (tertiary/aromatic N) is 2. The first-order chi connectivity index (χ1) is 7.10. The maximum Gasteiger partial charge on any atom is 0.109 e. The van der Waals surface area contributed by atoms with Crippen LogP contribution < -0.4 is 5.32 Å². The van der Waals surface area contributed by atoms with Gasteiger partial charge in [0.15, 0.2) is 0 Å². The van der Waals surface area contributed by atoms with Gasteiger partial charge in [-0.05, 0) is 32.9 Å². The predicted octanol–water partition coefficient (Wildman–Crippen LogP) is 1.61. The molecule has 0 amide bonds. The normalized spacial score (nSPS) is 31.5. The van der Waals surface area contributed by atoms with Crippen molar-refractivity contribution in [3.8, 4) is 6.07 Å². The number of likely N-dealkylation sites (N-methyl/N-ethyl adjacent to an activating group) is 1. The first-order valence-electron chi connectivity index (χ1n) is 5.92. The van der Waals surface area contributed by atoms with Gasteiger partial charge in [0.1, 0.15) is 5.54 Å². The molecule has 0 spiro atoms. The molecule has 3 nitrogen and oxygen atoms in total. The smallest absolute Gasteiger partial charge is 0.109 e. The van der Waals surface area contributed by atoms with Gasteiger partial charge in [-0.3, -0.25) is 5.32 Å². The summed E-state index contributed by atoms with van der Waals surface area (Å²) in [6.45, 7) is 4.10. The Balaban J connectivity index is 2.48. The van der Waals surface area contributed by atoms with E-state index < -0.39 is 0 Å². The van der Waals surface area contributed by atoms with Gasteiger partial charge in [-0.25, -0.2) is 0 Å². The Bertz CT molecular complexity index is 232. The zero-order valence-electron chi connectivity index (χ0n) is 10.2. The fraction of sp³-hybridized carbons (Fsp3) is 0.917. The first-order valence-corrected chi connectivity index (χ1v) is 5.92. The van der Waals surface area contributed by atoms with Crippen LogP contribution in [-0.2, 0) is 0 Å². The van der Waals surface area contributed by atoms with Crippen LogP contribution in [0.2, 0.25) is 0 Å². The minimum atomic E-state index is -0.256. The number of hydrogen-bond donors (Lipinski definition) is 1. The van der Waals surface area contributed by atoms with Crippen molar-refractivity contribution < 1.29 is 0 Å². The lowest BCUT2D eigenvalue weighted by atomic mass is 9.74. The van der Waals surface area contributed by atoms with Crippen molar-refractivity contribution in [3.63, 3.8) is 0 Å². The highest BCUT2D eigenvalue weighted by atomic mass is 15.1. The van der Waals surface area contributed by atoms with E-state index in [1.807, 2.05) is 0 Å². The van der Waals surface area contributed by atoms with E-state index in [-0.39, 0.29) is 5.54 Å². The highest BCUT2D eigenvalue weighted by Crippen LogP contribution is 2.32. The highest BCUT2D eigenvalue weighted by Gasteiger charge is 2.37. The van der Waals surface area contributed by atoms with Crippen LogP contribution in [0, 0.1) is 17.2 Å². The lowest BCUT2D eigenvalue weighted by Crippen LogP contribution is -2.52. The van der Waals surface area contributed by atoms with Gasteiger partial charge < -0.3 is 4.90 Å². The Labute approximate surface area is 93.5 Å². The molecule has 86 valence electrons. The molecule has 15 heavy (non-hydrogen) atoms. The fourth-order valence-electron chi connectivity index (χ4n) is 2.32. The van der Waals surface area contributed by atoms with Crippen molar-refractivity contribution >= 4 is 0 Å². The van der Waals surface area contributed by atoms with Crippen molar-refractivity contribution in [3.05, 3.63) is 0 Å². The molecule has 1 aliphatic carbocycles. The van der Waals surface area contributed by atoms with Crippen molar-refractivity contribution in [1.82, 2.24) is 10.2 Å². The van der Waals surface area contributed by atoms with Gasteiger partial charge in [-0.2, -0.15) is 5.26 Å². The summed E-state index contributed by atoms with van der Waals surface area (Å²) in [4.78, 5) is 2.14. The summed E-state index contributed by atoms with van der Waals surface area (Å²) in [7, 11) is 4.12. The zero-order chi connectivity index (χ0) is 11.3. The second-order valence-electron chi connectivity index (χ2n) is 4.96. The van der Waals surface area contributed by atoms with Crippen molar-refractivity contribution in [1.29, 1.82) is 5.26 Å². The summed E-state index contributed by atoms with van der Waals surface area (Å²) in [5.74, 6) is 0.485. The Morgan fingerprint density at radius 2 is 2.20 bits per heavy atom. The second kappa shape index (κ2) is 5.48. The van der Waals surface area contributed by atoms with E-state index in [1.165, 1.54) is 19.3 Å². The monoisotopic (exact) mass is 209 g/mol. The van der Waals surface area contributed by atoms with Crippen LogP contribution in [0.15, 0.2) is 0 Å². The molecule has 0 heterocycles. The predicted molar refractivity (Wildman–Crippen MR) is 62.5 cm³/mol. The molecule has 1 rings (SSSR count). The average Bonchev–Trinajstić information content (AvgIpc) is 2.21. The highest BCUT2D eigenvalue weighted by molar-refractivity contribution is 5.11. The van der Waals surface area contributed by atoms with E-state index in [1.54, 1.807) is 0 Å². The van der Waals surface area contributed by atoms with Crippen LogP contribution in [0.5, 0.6) is 0 Å². The van der Waals surface area contributed by atoms with Crippen LogP contribution in [-0.4, -0.2) is 37.6 Å². The molecule has 1 fully saturated rings. The second-order valence-corrected chi connectivity index (χ2v) is 4.96. The van der Waals surface area contributed by atoms with E-state index in [0.717, 1.165) is 19.5 Å². The van der Waals surface area contributed by atoms with E-state index in [0.29, 0.717) is 5.92 Å². The van der Waals surface area contributed by atoms with Crippen LogP contribution in [0.3, 0.4) is 0 Å². The van der Waals surface area contributed by atoms with Crippen LogP contribution >= 0.6 is 0 Å². The molecule has 1 N–H and O–H groups in total. The molecule has 0 radical (unpaired) electrons. The maximum absolute atomic E-state index is 9.35. The number of rotatable bonds is 4. The molecule has 0 aromatic heterocycles. The molecule has 1 saturated carbocycles. The summed E-state index contributed by atoms with van der Waals surface area (Å²) in [5.41, 5.74) is -0.256. The topological polar surface area (TPSA) is 39.1 Å². The molecule has 0 aromatic rings. The number of hydrogen-bond acceptors (Lipinski definition) is 3. The van der Waals surface area contributed by atoms with E-state index in [4.69, 9.17) is 0 Å². The van der Waals surface area contributed by atoms with Gasteiger partial charge in [-0.1, -0.05) is 19.8 Å². The lowest BCUT2D eigenvalue weighted by molar-refractivity contribution is 0.206. The van der Waals surface area contributed by atoms with Gasteiger partial charge in [0, 0.05) is 13.1 Å². The standard InChI is InChI=1S/C12H23N3/c1-11-6-4-5-7-12(11,10-13)14-8-9-15(2)3/h11,14H,4-9H2,1-3H3. The third-order valence-electron chi connectivity index (χ3n) is 3.50. The molecule has 3 heteroatoms. The van der Waals surface area contributed by atoms with E-state index >= 15 is 0 Å². The molecule has 0 saturated heterocycles. The zero-order valence-corrected chi connectivity index (χ0v) is 10.2. The third kappa shape index (κ3) is 3.19. The molecular weight excluding hydrogens is 186 g/mol. The van der Waals surface area contributed by atoms with Crippen molar-refractivity contribution in [2.75, 3.05) is 27.2 Å². The Kier molecular flexibility index (Phi) is 4.56. The van der Waals surface area contributed by atoms with Gasteiger partial charge in [0.2, 0.25) is 0 Å². The Morgan fingerprint density at radius 3 is 2.73 bits per heavy atom. The molecule has 1 aliphatic rings. The van der Waals surface area contributed by atoms with E-state index in [2.05, 4.69) is 37.3 Å². The Morgan fingerprint density at radius 1 is 1.47 bits per heavy atom. The first kappa shape index (κ1) is 12.5. The van der Waals surface area contributed by atoms with Gasteiger partial charge in [0.05, 0.1) is 6.07 Å². The molecule has 0 aromatic carbocycles. The van der Waals surface area contributed by atoms with Crippen molar-refractivity contribution in [2.24, 2.45) is 5.92 Å². The average molecular weight is 209 g/mol. The molecular formula is C12H23N3. The molecule has 2 unspecified atom stereocenters. The summed E-state index contributed by atoms with van der Waals surface area (Å²) >= 11 is 0.